The van der Waals surface area contributed by atoms with Gasteiger partial charge in [-0.3, -0.25) is 4.79 Å². The van der Waals surface area contributed by atoms with Gasteiger partial charge in [-0.1, -0.05) is 35.9 Å². The van der Waals surface area contributed by atoms with Crippen LogP contribution in [-0.2, 0) is 27.5 Å². The Morgan fingerprint density at radius 3 is 2.53 bits per heavy atom. The van der Waals surface area contributed by atoms with Gasteiger partial charge < -0.3 is 29.9 Å². The SMILES string of the molecule is CN(C)CCNC(=O)[C@@]1(OCc2cccc(F)c2)CC(OCc2cccc(Cl)c2)[C@H](O)[C@H](O)C1. The first kappa shape index (κ1) is 26.5. The summed E-state index contributed by atoms with van der Waals surface area (Å²) in [7, 11) is 3.78. The number of aliphatic hydroxyl groups excluding tert-OH is 2. The van der Waals surface area contributed by atoms with E-state index >= 15 is 0 Å². The van der Waals surface area contributed by atoms with Gasteiger partial charge in [0.1, 0.15) is 11.9 Å². The van der Waals surface area contributed by atoms with Crippen LogP contribution >= 0.6 is 11.6 Å². The standard InChI is InChI=1S/C25H32ClFN2O5/c1-29(2)10-9-28-24(32)25(34-16-18-6-4-8-20(27)12-18)13-21(30)23(31)22(14-25)33-15-17-5-3-7-19(26)11-17/h3-8,11-12,21-23,30-31H,9-10,13-16H2,1-2H3,(H,28,32)/t21-,22?,23-,25+/m1/s1. The second-order valence-electron chi connectivity index (χ2n) is 8.92. The summed E-state index contributed by atoms with van der Waals surface area (Å²) in [6, 6.07) is 13.0. The third kappa shape index (κ3) is 7.21. The van der Waals surface area contributed by atoms with Crippen LogP contribution in [0.5, 0.6) is 0 Å². The quantitative estimate of drug-likeness (QED) is 0.470. The number of likely N-dealkylation sites (N-methyl/N-ethyl adjacent to an activating group) is 1. The van der Waals surface area contributed by atoms with Gasteiger partial charge in [0, 0.05) is 31.0 Å². The molecule has 0 spiro atoms. The Bertz CT molecular complexity index is 962. The molecule has 1 aliphatic rings. The Morgan fingerprint density at radius 2 is 1.85 bits per heavy atom. The number of hydrogen-bond donors (Lipinski definition) is 3. The van der Waals surface area contributed by atoms with Crippen molar-refractivity contribution in [2.24, 2.45) is 0 Å². The van der Waals surface area contributed by atoms with Gasteiger partial charge in [-0.2, -0.15) is 0 Å². The Labute approximate surface area is 204 Å². The molecule has 2 aromatic carbocycles. The monoisotopic (exact) mass is 494 g/mol. The first-order valence-electron chi connectivity index (χ1n) is 11.2. The number of rotatable bonds is 10. The molecule has 1 saturated carbocycles. The molecule has 1 aliphatic carbocycles. The zero-order chi connectivity index (χ0) is 24.7. The van der Waals surface area contributed by atoms with Crippen molar-refractivity contribution in [2.45, 2.75) is 50.0 Å². The number of amides is 1. The third-order valence-electron chi connectivity index (χ3n) is 5.86. The third-order valence-corrected chi connectivity index (χ3v) is 6.10. The molecule has 34 heavy (non-hydrogen) atoms. The van der Waals surface area contributed by atoms with Crippen LogP contribution < -0.4 is 5.32 Å². The molecule has 4 atom stereocenters. The van der Waals surface area contributed by atoms with Crippen LogP contribution in [0, 0.1) is 5.82 Å². The van der Waals surface area contributed by atoms with E-state index in [4.69, 9.17) is 21.1 Å². The largest absolute Gasteiger partial charge is 0.390 e. The summed E-state index contributed by atoms with van der Waals surface area (Å²) in [4.78, 5) is 15.2. The van der Waals surface area contributed by atoms with E-state index in [-0.39, 0.29) is 26.1 Å². The fraction of sp³-hybridized carbons (Fsp3) is 0.480. The highest BCUT2D eigenvalue weighted by Gasteiger charge is 2.51. The van der Waals surface area contributed by atoms with E-state index in [0.29, 0.717) is 23.7 Å². The molecule has 1 amide bonds. The molecule has 9 heteroatoms. The lowest BCUT2D eigenvalue weighted by Crippen LogP contribution is -2.61. The van der Waals surface area contributed by atoms with Gasteiger partial charge in [-0.25, -0.2) is 4.39 Å². The lowest BCUT2D eigenvalue weighted by Gasteiger charge is -2.44. The minimum Gasteiger partial charge on any atom is -0.390 e. The van der Waals surface area contributed by atoms with Crippen molar-refractivity contribution in [2.75, 3.05) is 27.2 Å². The van der Waals surface area contributed by atoms with Crippen molar-refractivity contribution in [1.29, 1.82) is 0 Å². The fourth-order valence-electron chi connectivity index (χ4n) is 3.99. The number of hydrogen-bond acceptors (Lipinski definition) is 6. The predicted molar refractivity (Wildman–Crippen MR) is 127 cm³/mol. The van der Waals surface area contributed by atoms with Crippen molar-refractivity contribution >= 4 is 17.5 Å². The van der Waals surface area contributed by atoms with E-state index in [9.17, 15) is 19.4 Å². The lowest BCUT2D eigenvalue weighted by atomic mass is 9.78. The van der Waals surface area contributed by atoms with Gasteiger partial charge in [0.05, 0.1) is 25.4 Å². The number of halogens is 2. The summed E-state index contributed by atoms with van der Waals surface area (Å²) in [5.74, 6) is -0.819. The van der Waals surface area contributed by atoms with Gasteiger partial charge in [-0.05, 0) is 49.5 Å². The Hall–Kier alpha value is -2.07. The van der Waals surface area contributed by atoms with Crippen LogP contribution in [0.3, 0.4) is 0 Å². The second kappa shape index (κ2) is 12.1. The van der Waals surface area contributed by atoms with E-state index in [1.807, 2.05) is 25.1 Å². The van der Waals surface area contributed by atoms with Crippen molar-refractivity contribution in [3.63, 3.8) is 0 Å². The van der Waals surface area contributed by atoms with E-state index < -0.39 is 35.6 Å². The van der Waals surface area contributed by atoms with Gasteiger partial charge in [-0.15, -0.1) is 0 Å². The summed E-state index contributed by atoms with van der Waals surface area (Å²) < 4.78 is 25.7. The summed E-state index contributed by atoms with van der Waals surface area (Å²) in [5, 5.41) is 24.7. The molecule has 0 bridgehead atoms. The maximum atomic E-state index is 13.7. The molecule has 0 aliphatic heterocycles. The van der Waals surface area contributed by atoms with E-state index in [1.54, 1.807) is 30.3 Å². The molecule has 7 nitrogen and oxygen atoms in total. The smallest absolute Gasteiger partial charge is 0.252 e. The normalized spacial score (nSPS) is 24.9. The van der Waals surface area contributed by atoms with Crippen LogP contribution in [0.25, 0.3) is 0 Å². The van der Waals surface area contributed by atoms with Crippen LogP contribution in [0.1, 0.15) is 24.0 Å². The van der Waals surface area contributed by atoms with Crippen LogP contribution in [-0.4, -0.2) is 72.1 Å². The van der Waals surface area contributed by atoms with Crippen LogP contribution in [0.15, 0.2) is 48.5 Å². The second-order valence-corrected chi connectivity index (χ2v) is 9.35. The van der Waals surface area contributed by atoms with Gasteiger partial charge >= 0.3 is 0 Å². The number of ether oxygens (including phenoxy) is 2. The first-order chi connectivity index (χ1) is 16.2. The molecule has 0 radical (unpaired) electrons. The van der Waals surface area contributed by atoms with Gasteiger partial charge in [0.15, 0.2) is 5.60 Å². The minimum atomic E-state index is -1.46. The molecule has 1 fully saturated rings. The number of nitrogens with zero attached hydrogens (tertiary/aromatic N) is 1. The van der Waals surface area contributed by atoms with Crippen molar-refractivity contribution in [3.8, 4) is 0 Å². The number of nitrogens with one attached hydrogen (secondary N) is 1. The van der Waals surface area contributed by atoms with Crippen LogP contribution in [0.2, 0.25) is 5.02 Å². The number of benzene rings is 2. The average Bonchev–Trinajstić information content (AvgIpc) is 2.79. The number of carbonyl (C=O) groups excluding carboxylic acids is 1. The molecule has 1 unspecified atom stereocenters. The zero-order valence-electron chi connectivity index (χ0n) is 19.4. The summed E-state index contributed by atoms with van der Waals surface area (Å²) in [6.45, 7) is 1.09. The maximum absolute atomic E-state index is 13.7. The van der Waals surface area contributed by atoms with Gasteiger partial charge in [0.2, 0.25) is 0 Å². The molecule has 0 aromatic heterocycles. The topological polar surface area (TPSA) is 91.3 Å². The molecule has 186 valence electrons. The fourth-order valence-corrected chi connectivity index (χ4v) is 4.21. The Kier molecular flexibility index (Phi) is 9.41. The Morgan fingerprint density at radius 1 is 1.15 bits per heavy atom. The Balaban J connectivity index is 1.78. The molecule has 3 rings (SSSR count). The van der Waals surface area contributed by atoms with Crippen LogP contribution in [0.4, 0.5) is 4.39 Å². The highest BCUT2D eigenvalue weighted by atomic mass is 35.5. The van der Waals surface area contributed by atoms with Crippen molar-refractivity contribution in [3.05, 3.63) is 70.5 Å². The highest BCUT2D eigenvalue weighted by molar-refractivity contribution is 6.30. The van der Waals surface area contributed by atoms with Crippen molar-refractivity contribution in [1.82, 2.24) is 10.2 Å². The summed E-state index contributed by atoms with van der Waals surface area (Å²) in [5.41, 5.74) is -0.116. The van der Waals surface area contributed by atoms with Gasteiger partial charge in [0.25, 0.3) is 5.91 Å². The summed E-state index contributed by atoms with van der Waals surface area (Å²) >= 11 is 6.04. The molecule has 3 N–H and O–H groups in total. The molecule has 2 aromatic rings. The van der Waals surface area contributed by atoms with E-state index in [2.05, 4.69) is 5.32 Å². The highest BCUT2D eigenvalue weighted by Crippen LogP contribution is 2.36. The predicted octanol–water partition coefficient (Wildman–Crippen LogP) is 2.51. The lowest BCUT2D eigenvalue weighted by molar-refractivity contribution is -0.200. The molecular weight excluding hydrogens is 463 g/mol. The van der Waals surface area contributed by atoms with E-state index in [1.165, 1.54) is 12.1 Å². The summed E-state index contributed by atoms with van der Waals surface area (Å²) in [6.07, 6.45) is -3.40. The number of aliphatic hydroxyl groups is 2. The molecule has 0 saturated heterocycles. The number of carbonyl (C=O) groups is 1. The van der Waals surface area contributed by atoms with Crippen molar-refractivity contribution < 1.29 is 28.9 Å². The van der Waals surface area contributed by atoms with E-state index in [0.717, 1.165) is 5.56 Å². The average molecular weight is 495 g/mol. The first-order valence-corrected chi connectivity index (χ1v) is 11.6. The zero-order valence-corrected chi connectivity index (χ0v) is 20.2. The minimum absolute atomic E-state index is 0.0227. The maximum Gasteiger partial charge on any atom is 0.252 e. The molecular formula is C25H32ClFN2O5. The molecule has 0 heterocycles.